The molecule has 5 rings (SSSR count). The average Bonchev–Trinajstić information content (AvgIpc) is 3.48. The zero-order valence-corrected chi connectivity index (χ0v) is 21.4. The molecule has 2 fully saturated rings. The quantitative estimate of drug-likeness (QED) is 0.491. The van der Waals surface area contributed by atoms with E-state index in [0.29, 0.717) is 31.4 Å². The van der Waals surface area contributed by atoms with E-state index in [1.54, 1.807) is 18.2 Å². The van der Waals surface area contributed by atoms with E-state index >= 15 is 0 Å². The maximum atomic E-state index is 13.8. The molecule has 1 atom stereocenters. The normalized spacial score (nSPS) is 18.8. The number of aliphatic hydroxyl groups excluding tert-OH is 1. The van der Waals surface area contributed by atoms with Crippen LogP contribution < -0.4 is 9.80 Å². The fourth-order valence-corrected chi connectivity index (χ4v) is 6.10. The number of anilines is 2. The number of hydrogen-bond acceptors (Lipinski definition) is 8. The third-order valence-electron chi connectivity index (χ3n) is 6.78. The summed E-state index contributed by atoms with van der Waals surface area (Å²) >= 11 is 0. The highest BCUT2D eigenvalue weighted by molar-refractivity contribution is 7.90. The van der Waals surface area contributed by atoms with E-state index in [2.05, 4.69) is 28.0 Å². The number of rotatable bonds is 5. The summed E-state index contributed by atoms with van der Waals surface area (Å²) in [4.78, 5) is 15.2. The predicted octanol–water partition coefficient (Wildman–Crippen LogP) is 1.86. The van der Waals surface area contributed by atoms with E-state index in [-0.39, 0.29) is 17.5 Å². The molecule has 0 bridgehead atoms. The molecule has 1 aromatic heterocycles. The Morgan fingerprint density at radius 3 is 2.36 bits per heavy atom. The molecule has 3 aromatic rings. The SMILES string of the molecule is CCc1nn(S(=O)(=O)c2cccc(N3CCC(O)C3)c2)c2cc(N3CCN(C)CC3)ccc12.O=CO. The molecule has 2 aliphatic heterocycles. The molecule has 0 amide bonds. The van der Waals surface area contributed by atoms with Crippen molar-refractivity contribution in [2.75, 3.05) is 56.1 Å². The Morgan fingerprint density at radius 2 is 1.72 bits per heavy atom. The van der Waals surface area contributed by atoms with Gasteiger partial charge in [-0.3, -0.25) is 4.79 Å². The van der Waals surface area contributed by atoms with E-state index in [9.17, 15) is 13.5 Å². The number of benzene rings is 2. The number of aromatic nitrogens is 2. The number of piperazine rings is 1. The van der Waals surface area contributed by atoms with E-state index in [1.807, 2.05) is 30.0 Å². The molecule has 10 nitrogen and oxygen atoms in total. The van der Waals surface area contributed by atoms with Gasteiger partial charge in [0, 0.05) is 56.0 Å². The summed E-state index contributed by atoms with van der Waals surface area (Å²) in [7, 11) is -1.77. The van der Waals surface area contributed by atoms with Gasteiger partial charge in [-0.2, -0.15) is 17.6 Å². The minimum absolute atomic E-state index is 0.207. The van der Waals surface area contributed by atoms with E-state index in [0.717, 1.165) is 48.6 Å². The van der Waals surface area contributed by atoms with Gasteiger partial charge in [0.15, 0.2) is 0 Å². The lowest BCUT2D eigenvalue weighted by Gasteiger charge is -2.34. The van der Waals surface area contributed by atoms with Gasteiger partial charge in [-0.05, 0) is 56.3 Å². The van der Waals surface area contributed by atoms with Crippen LogP contribution in [-0.4, -0.2) is 91.6 Å². The van der Waals surface area contributed by atoms with E-state index < -0.39 is 10.0 Å². The Kier molecular flexibility index (Phi) is 7.82. The van der Waals surface area contributed by atoms with Gasteiger partial charge < -0.3 is 24.9 Å². The second-order valence-electron chi connectivity index (χ2n) is 9.13. The second-order valence-corrected chi connectivity index (χ2v) is 10.9. The van der Waals surface area contributed by atoms with Crippen LogP contribution in [-0.2, 0) is 21.2 Å². The van der Waals surface area contributed by atoms with Gasteiger partial charge in [0.25, 0.3) is 16.5 Å². The molecular formula is C25H33N5O5S. The maximum absolute atomic E-state index is 13.8. The molecule has 0 saturated carbocycles. The lowest BCUT2D eigenvalue weighted by molar-refractivity contribution is -0.122. The average molecular weight is 516 g/mol. The molecule has 3 heterocycles. The van der Waals surface area contributed by atoms with E-state index in [1.165, 1.54) is 4.09 Å². The van der Waals surface area contributed by atoms with Crippen molar-refractivity contribution in [3.05, 3.63) is 48.2 Å². The number of carboxylic acid groups (broad SMARTS) is 1. The number of aryl methyl sites for hydroxylation is 1. The van der Waals surface area contributed by atoms with Crippen molar-refractivity contribution in [3.8, 4) is 0 Å². The van der Waals surface area contributed by atoms with Gasteiger partial charge in [0.05, 0.1) is 22.2 Å². The number of likely N-dealkylation sites (N-methyl/N-ethyl adjacent to an activating group) is 1. The van der Waals surface area contributed by atoms with Crippen LogP contribution >= 0.6 is 0 Å². The molecule has 1 unspecified atom stereocenters. The van der Waals surface area contributed by atoms with Crippen molar-refractivity contribution in [1.29, 1.82) is 0 Å². The highest BCUT2D eigenvalue weighted by atomic mass is 32.2. The standard InChI is InChI=1S/C24H31N5O3S.CH2O2/c1-3-23-22-8-7-19(27-13-11-26(2)12-14-27)16-24(22)29(25-23)33(31,32)21-6-4-5-18(15-21)28-10-9-20(30)17-28;2-1-3/h4-8,15-16,20,30H,3,9-14,17H2,1-2H3;1H,(H,2,3). The minimum atomic E-state index is -3.89. The molecule has 2 N–H and O–H groups in total. The third-order valence-corrected chi connectivity index (χ3v) is 8.37. The van der Waals surface area contributed by atoms with Gasteiger partial charge in [-0.25, -0.2) is 0 Å². The summed E-state index contributed by atoms with van der Waals surface area (Å²) in [5, 5.41) is 22.2. The lowest BCUT2D eigenvalue weighted by Crippen LogP contribution is -2.44. The fourth-order valence-electron chi connectivity index (χ4n) is 4.76. The molecule has 36 heavy (non-hydrogen) atoms. The van der Waals surface area contributed by atoms with Crippen molar-refractivity contribution >= 4 is 38.8 Å². The molecule has 194 valence electrons. The zero-order valence-electron chi connectivity index (χ0n) is 20.6. The molecule has 2 aromatic carbocycles. The van der Waals surface area contributed by atoms with Crippen molar-refractivity contribution < 1.29 is 23.4 Å². The Morgan fingerprint density at radius 1 is 1.03 bits per heavy atom. The first-order valence-corrected chi connectivity index (χ1v) is 13.5. The highest BCUT2D eigenvalue weighted by Crippen LogP contribution is 2.30. The fraction of sp³-hybridized carbons (Fsp3) is 0.440. The number of fused-ring (bicyclic) bond motifs is 1. The van der Waals surface area contributed by atoms with E-state index in [4.69, 9.17) is 9.90 Å². The Bertz CT molecular complexity index is 1320. The first-order chi connectivity index (χ1) is 17.3. The molecule has 2 saturated heterocycles. The first kappa shape index (κ1) is 25.9. The van der Waals surface area contributed by atoms with Crippen molar-refractivity contribution in [2.24, 2.45) is 0 Å². The van der Waals surface area contributed by atoms with Gasteiger partial charge in [0.2, 0.25) is 0 Å². The summed E-state index contributed by atoms with van der Waals surface area (Å²) in [6.07, 6.45) is 0.967. The Labute approximate surface area is 211 Å². The lowest BCUT2D eigenvalue weighted by atomic mass is 10.1. The molecule has 0 spiro atoms. The molecule has 2 aliphatic rings. The molecule has 11 heteroatoms. The van der Waals surface area contributed by atoms with Crippen molar-refractivity contribution in [3.63, 3.8) is 0 Å². The monoisotopic (exact) mass is 515 g/mol. The number of carbonyl (C=O) groups is 1. The number of nitrogens with zero attached hydrogens (tertiary/aromatic N) is 5. The van der Waals surface area contributed by atoms with Gasteiger partial charge >= 0.3 is 0 Å². The van der Waals surface area contributed by atoms with Crippen molar-refractivity contribution in [1.82, 2.24) is 14.1 Å². The van der Waals surface area contributed by atoms with Crippen LogP contribution in [0.2, 0.25) is 0 Å². The minimum Gasteiger partial charge on any atom is -0.483 e. The van der Waals surface area contributed by atoms with Crippen LogP contribution in [0, 0.1) is 0 Å². The molecule has 0 aliphatic carbocycles. The van der Waals surface area contributed by atoms with Crippen LogP contribution in [0.1, 0.15) is 19.0 Å². The topological polar surface area (TPSA) is 119 Å². The van der Waals surface area contributed by atoms with Gasteiger partial charge in [0.1, 0.15) is 0 Å². The highest BCUT2D eigenvalue weighted by Gasteiger charge is 2.26. The maximum Gasteiger partial charge on any atom is 0.290 e. The molecular weight excluding hydrogens is 482 g/mol. The van der Waals surface area contributed by atoms with Gasteiger partial charge in [-0.1, -0.05) is 13.0 Å². The summed E-state index contributed by atoms with van der Waals surface area (Å²) in [6.45, 7) is 6.75. The zero-order chi connectivity index (χ0) is 25.9. The second kappa shape index (κ2) is 10.9. The summed E-state index contributed by atoms with van der Waals surface area (Å²) in [6, 6.07) is 13.0. The van der Waals surface area contributed by atoms with Crippen molar-refractivity contribution in [2.45, 2.75) is 30.8 Å². The predicted molar refractivity (Wildman–Crippen MR) is 139 cm³/mol. The number of β-amino-alcohol motifs (C(OH)–C–C–N with tert-alkyl or cyclic N) is 1. The number of aliphatic hydroxyl groups is 1. The third kappa shape index (κ3) is 5.18. The largest absolute Gasteiger partial charge is 0.483 e. The van der Waals surface area contributed by atoms with Crippen LogP contribution in [0.5, 0.6) is 0 Å². The Balaban J connectivity index is 0.000000967. The smallest absolute Gasteiger partial charge is 0.290 e. The van der Waals surface area contributed by atoms with Crippen LogP contribution in [0.4, 0.5) is 11.4 Å². The summed E-state index contributed by atoms with van der Waals surface area (Å²) in [5.74, 6) is 0. The van der Waals surface area contributed by atoms with Gasteiger partial charge in [-0.15, -0.1) is 0 Å². The summed E-state index contributed by atoms with van der Waals surface area (Å²) in [5.41, 5.74) is 3.22. The molecule has 0 radical (unpaired) electrons. The Hall–Kier alpha value is -3.15. The first-order valence-electron chi connectivity index (χ1n) is 12.1. The van der Waals surface area contributed by atoms with Crippen LogP contribution in [0.3, 0.4) is 0 Å². The number of hydrogen-bond donors (Lipinski definition) is 2. The van der Waals surface area contributed by atoms with Crippen LogP contribution in [0.25, 0.3) is 10.9 Å². The van der Waals surface area contributed by atoms with Crippen LogP contribution in [0.15, 0.2) is 47.4 Å². The summed E-state index contributed by atoms with van der Waals surface area (Å²) < 4.78 is 28.7.